The normalized spacial score (nSPS) is 20.3. The first-order valence-electron chi connectivity index (χ1n) is 13.6. The molecule has 0 spiro atoms. The molecule has 0 saturated carbocycles. The lowest BCUT2D eigenvalue weighted by molar-refractivity contribution is -0.157. The molecule has 0 radical (unpaired) electrons. The molecule has 43 heavy (non-hydrogen) atoms. The Bertz CT molecular complexity index is 1340. The molecule has 3 N–H and O–H groups in total. The third kappa shape index (κ3) is 7.76. The zero-order valence-electron chi connectivity index (χ0n) is 23.5. The molecule has 2 aromatic rings. The molecular weight excluding hydrogens is 569 g/mol. The van der Waals surface area contributed by atoms with Gasteiger partial charge in [0.1, 0.15) is 18.1 Å². The number of aromatic nitrogens is 1. The van der Waals surface area contributed by atoms with E-state index in [0.717, 1.165) is 10.5 Å². The van der Waals surface area contributed by atoms with Gasteiger partial charge in [-0.25, -0.2) is 4.79 Å². The molecule has 4 rings (SSSR count). The number of nitrogens with one attached hydrogen (secondary N) is 1. The first kappa shape index (κ1) is 31.6. The first-order chi connectivity index (χ1) is 20.4. The second kappa shape index (κ2) is 13.3. The van der Waals surface area contributed by atoms with Crippen LogP contribution in [0.25, 0.3) is 0 Å². The average Bonchev–Trinajstić information content (AvgIpc) is 3.16. The number of alkyl halides is 3. The molecule has 3 atom stereocenters. The Labute approximate surface area is 246 Å². The van der Waals surface area contributed by atoms with Crippen molar-refractivity contribution in [2.75, 3.05) is 32.8 Å². The Morgan fingerprint density at radius 1 is 1.14 bits per heavy atom. The van der Waals surface area contributed by atoms with E-state index in [1.165, 1.54) is 23.2 Å². The lowest BCUT2D eigenvalue weighted by Gasteiger charge is -2.45. The number of hydrogen-bond donors (Lipinski definition) is 2. The van der Waals surface area contributed by atoms with Crippen molar-refractivity contribution < 1.29 is 37.1 Å². The van der Waals surface area contributed by atoms with Gasteiger partial charge in [0.15, 0.2) is 0 Å². The van der Waals surface area contributed by atoms with Crippen LogP contribution in [-0.4, -0.2) is 100 Å². The summed E-state index contributed by atoms with van der Waals surface area (Å²) in [5.74, 6) is -2.30. The molecule has 0 aliphatic carbocycles. The number of nitrogens with zero attached hydrogens (tertiary/aromatic N) is 4. The number of imide groups is 1. The summed E-state index contributed by atoms with van der Waals surface area (Å²) in [7, 11) is 0. The Kier molecular flexibility index (Phi) is 9.81. The van der Waals surface area contributed by atoms with Crippen molar-refractivity contribution in [3.63, 3.8) is 0 Å². The molecule has 230 valence electrons. The van der Waals surface area contributed by atoms with E-state index in [0.29, 0.717) is 5.69 Å². The van der Waals surface area contributed by atoms with Gasteiger partial charge in [0.2, 0.25) is 11.8 Å². The number of carbonyl (C=O) groups excluding carboxylic acids is 4. The molecule has 14 heteroatoms. The summed E-state index contributed by atoms with van der Waals surface area (Å²) >= 11 is 0. The van der Waals surface area contributed by atoms with Gasteiger partial charge in [0.05, 0.1) is 19.8 Å². The van der Waals surface area contributed by atoms with E-state index in [4.69, 9.17) is 10.5 Å². The van der Waals surface area contributed by atoms with Crippen LogP contribution in [0.5, 0.6) is 0 Å². The minimum absolute atomic E-state index is 0.0809. The second-order valence-corrected chi connectivity index (χ2v) is 10.5. The SMILES string of the molecule is CC(N)C=CC(=O)NC(COCc1ccccc1)C(=O)N1CCN2C(=O)N(CC(F)(F)F)C(=O)C2(Cc2ccccn2)C1. The number of nitrogens with two attached hydrogens (primary N) is 1. The summed E-state index contributed by atoms with van der Waals surface area (Å²) in [6, 6.07) is 11.3. The number of halogens is 3. The summed E-state index contributed by atoms with van der Waals surface area (Å²) in [6.07, 6.45) is -0.934. The maximum absolute atomic E-state index is 13.9. The maximum atomic E-state index is 13.9. The van der Waals surface area contributed by atoms with E-state index >= 15 is 0 Å². The molecule has 3 unspecified atom stereocenters. The summed E-state index contributed by atoms with van der Waals surface area (Å²) in [5, 5.41) is 2.60. The van der Waals surface area contributed by atoms with Crippen LogP contribution in [0.2, 0.25) is 0 Å². The fourth-order valence-electron chi connectivity index (χ4n) is 5.12. The summed E-state index contributed by atoms with van der Waals surface area (Å²) in [5.41, 5.74) is 5.05. The van der Waals surface area contributed by atoms with Crippen LogP contribution in [-0.2, 0) is 32.1 Å². The molecule has 0 bridgehead atoms. The molecule has 2 aliphatic rings. The van der Waals surface area contributed by atoms with E-state index < -0.39 is 60.6 Å². The number of benzene rings is 1. The maximum Gasteiger partial charge on any atom is 0.406 e. The molecule has 1 aromatic heterocycles. The van der Waals surface area contributed by atoms with Crippen molar-refractivity contribution in [2.24, 2.45) is 5.73 Å². The highest BCUT2D eigenvalue weighted by atomic mass is 19.4. The van der Waals surface area contributed by atoms with Gasteiger partial charge in [-0.2, -0.15) is 13.2 Å². The van der Waals surface area contributed by atoms with Crippen LogP contribution in [0.3, 0.4) is 0 Å². The van der Waals surface area contributed by atoms with Crippen LogP contribution in [0.4, 0.5) is 18.0 Å². The topological polar surface area (TPSA) is 138 Å². The van der Waals surface area contributed by atoms with Gasteiger partial charge in [-0.15, -0.1) is 0 Å². The van der Waals surface area contributed by atoms with E-state index in [1.807, 2.05) is 30.3 Å². The number of carbonyl (C=O) groups is 4. The first-order valence-corrected chi connectivity index (χ1v) is 13.6. The van der Waals surface area contributed by atoms with Gasteiger partial charge in [0, 0.05) is 43.5 Å². The molecule has 11 nitrogen and oxygen atoms in total. The van der Waals surface area contributed by atoms with Gasteiger partial charge in [-0.3, -0.25) is 24.3 Å². The third-order valence-corrected chi connectivity index (χ3v) is 7.08. The van der Waals surface area contributed by atoms with Crippen molar-refractivity contribution in [3.8, 4) is 0 Å². The Balaban J connectivity index is 1.60. The van der Waals surface area contributed by atoms with Crippen LogP contribution >= 0.6 is 0 Å². The van der Waals surface area contributed by atoms with Crippen LogP contribution in [0.15, 0.2) is 66.9 Å². The van der Waals surface area contributed by atoms with E-state index in [1.54, 1.807) is 25.1 Å². The molecule has 2 saturated heterocycles. The predicted molar refractivity (Wildman–Crippen MR) is 148 cm³/mol. The Morgan fingerprint density at radius 2 is 1.86 bits per heavy atom. The predicted octanol–water partition coefficient (Wildman–Crippen LogP) is 1.64. The summed E-state index contributed by atoms with van der Waals surface area (Å²) in [4.78, 5) is 60.0. The van der Waals surface area contributed by atoms with E-state index in [-0.39, 0.29) is 37.6 Å². The number of rotatable bonds is 11. The number of ether oxygens (including phenoxy) is 1. The van der Waals surface area contributed by atoms with Gasteiger partial charge in [0.25, 0.3) is 5.91 Å². The molecule has 1 aromatic carbocycles. The fraction of sp³-hybridized carbons (Fsp3) is 0.414. The smallest absolute Gasteiger partial charge is 0.374 e. The zero-order valence-corrected chi connectivity index (χ0v) is 23.5. The summed E-state index contributed by atoms with van der Waals surface area (Å²) in [6.45, 7) is -0.855. The minimum Gasteiger partial charge on any atom is -0.374 e. The molecule has 2 fully saturated rings. The lowest BCUT2D eigenvalue weighted by atomic mass is 9.88. The molecule has 3 heterocycles. The van der Waals surface area contributed by atoms with Crippen molar-refractivity contribution >= 4 is 23.8 Å². The number of amides is 5. The van der Waals surface area contributed by atoms with E-state index in [2.05, 4.69) is 10.3 Å². The van der Waals surface area contributed by atoms with Crippen LogP contribution in [0, 0.1) is 0 Å². The van der Waals surface area contributed by atoms with Crippen molar-refractivity contribution in [1.82, 2.24) is 25.0 Å². The van der Waals surface area contributed by atoms with Crippen LogP contribution in [0.1, 0.15) is 18.2 Å². The highest BCUT2D eigenvalue weighted by Crippen LogP contribution is 2.36. The van der Waals surface area contributed by atoms with Gasteiger partial charge < -0.3 is 25.6 Å². The van der Waals surface area contributed by atoms with Gasteiger partial charge in [-0.05, 0) is 24.6 Å². The Morgan fingerprint density at radius 3 is 2.51 bits per heavy atom. The third-order valence-electron chi connectivity index (χ3n) is 7.08. The number of fused-ring (bicyclic) bond motifs is 1. The number of hydrogen-bond acceptors (Lipinski definition) is 7. The number of urea groups is 1. The standard InChI is InChI=1S/C29H33F3N6O5/c1-20(33)10-11-24(39)35-23(17-43-16-21-7-3-2-4-8-21)25(40)36-13-14-38-27(42)37(19-29(30,31)32)26(41)28(38,18-36)15-22-9-5-6-12-34-22/h2-12,20,23H,13-19,33H2,1H3,(H,35,39). The van der Waals surface area contributed by atoms with E-state index in [9.17, 15) is 32.3 Å². The van der Waals surface area contributed by atoms with Gasteiger partial charge >= 0.3 is 12.2 Å². The highest BCUT2D eigenvalue weighted by Gasteiger charge is 2.61. The van der Waals surface area contributed by atoms with Crippen molar-refractivity contribution in [1.29, 1.82) is 0 Å². The largest absolute Gasteiger partial charge is 0.406 e. The quantitative estimate of drug-likeness (QED) is 0.295. The second-order valence-electron chi connectivity index (χ2n) is 10.5. The number of piperazine rings is 1. The fourth-order valence-corrected chi connectivity index (χ4v) is 5.12. The molecule has 5 amide bonds. The molecule has 2 aliphatic heterocycles. The minimum atomic E-state index is -4.82. The molecular formula is C29H33F3N6O5. The lowest BCUT2D eigenvalue weighted by Crippen LogP contribution is -2.67. The average molecular weight is 603 g/mol. The highest BCUT2D eigenvalue weighted by molar-refractivity contribution is 6.08. The zero-order chi connectivity index (χ0) is 31.2. The Hall–Kier alpha value is -4.30. The monoisotopic (exact) mass is 602 g/mol. The summed E-state index contributed by atoms with van der Waals surface area (Å²) < 4.78 is 45.8. The van der Waals surface area contributed by atoms with Crippen molar-refractivity contribution in [3.05, 3.63) is 78.1 Å². The van der Waals surface area contributed by atoms with Gasteiger partial charge in [-0.1, -0.05) is 42.5 Å². The van der Waals surface area contributed by atoms with Crippen LogP contribution < -0.4 is 11.1 Å². The van der Waals surface area contributed by atoms with Crippen molar-refractivity contribution in [2.45, 2.75) is 43.8 Å². The number of pyridine rings is 1.